The van der Waals surface area contributed by atoms with Crippen LogP contribution in [0.3, 0.4) is 0 Å². The number of hydrogen-bond acceptors (Lipinski definition) is 8. The minimum Gasteiger partial charge on any atom is -0.459 e. The molecule has 0 aliphatic carbocycles. The van der Waals surface area contributed by atoms with Gasteiger partial charge in [0, 0.05) is 11.8 Å². The van der Waals surface area contributed by atoms with Gasteiger partial charge in [-0.05, 0) is 107 Å². The van der Waals surface area contributed by atoms with Crippen molar-refractivity contribution in [2.45, 2.75) is 92.3 Å². The van der Waals surface area contributed by atoms with Gasteiger partial charge in [-0.25, -0.2) is 0 Å². The van der Waals surface area contributed by atoms with Gasteiger partial charge in [-0.1, -0.05) is 15.9 Å². The van der Waals surface area contributed by atoms with Crippen molar-refractivity contribution in [3.8, 4) is 0 Å². The molecular weight excluding hydrogens is 516 g/mol. The van der Waals surface area contributed by atoms with Crippen LogP contribution in [0.2, 0.25) is 0 Å². The summed E-state index contributed by atoms with van der Waals surface area (Å²) in [5.74, 6) is 0.760. The number of rotatable bonds is 5. The van der Waals surface area contributed by atoms with Gasteiger partial charge in [-0.3, -0.25) is 24.1 Å². The summed E-state index contributed by atoms with van der Waals surface area (Å²) in [5, 5.41) is 3.49. The fourth-order valence-electron chi connectivity index (χ4n) is 3.65. The zero-order chi connectivity index (χ0) is 27.2. The number of likely N-dealkylation sites (tertiary alicyclic amines) is 1. The van der Waals surface area contributed by atoms with Crippen molar-refractivity contribution in [2.24, 2.45) is 11.8 Å². The summed E-state index contributed by atoms with van der Waals surface area (Å²) in [5.41, 5.74) is -0.778. The van der Waals surface area contributed by atoms with Gasteiger partial charge in [0.15, 0.2) is 0 Å². The molecule has 0 atom stereocenters. The average molecular weight is 564 g/mol. The first-order valence-electron chi connectivity index (χ1n) is 12.5. The molecule has 0 bridgehead atoms. The van der Waals surface area contributed by atoms with E-state index in [1.54, 1.807) is 13.8 Å². The highest BCUT2D eigenvalue weighted by atomic mass is 79.9. The lowest BCUT2D eigenvalue weighted by Gasteiger charge is -2.30. The summed E-state index contributed by atoms with van der Waals surface area (Å²) in [4.78, 5) is 46.2. The third-order valence-electron chi connectivity index (χ3n) is 5.38. The number of nitrogens with zero attached hydrogens (tertiary/aromatic N) is 1. The van der Waals surface area contributed by atoms with Gasteiger partial charge < -0.3 is 14.8 Å². The predicted molar refractivity (Wildman–Crippen MR) is 142 cm³/mol. The van der Waals surface area contributed by atoms with Crippen LogP contribution >= 0.6 is 15.9 Å². The summed E-state index contributed by atoms with van der Waals surface area (Å²) in [6, 6.07) is 0. The number of hydrogen-bond donors (Lipinski definition) is 1. The monoisotopic (exact) mass is 562 g/mol. The first kappa shape index (κ1) is 33.7. The van der Waals surface area contributed by atoms with E-state index in [9.17, 15) is 19.2 Å². The second-order valence-corrected chi connectivity index (χ2v) is 11.7. The molecule has 0 spiro atoms. The molecule has 0 aromatic heterocycles. The van der Waals surface area contributed by atoms with Crippen molar-refractivity contribution in [3.05, 3.63) is 0 Å². The molecule has 204 valence electrons. The lowest BCUT2D eigenvalue weighted by atomic mass is 9.93. The molecule has 0 amide bonds. The van der Waals surface area contributed by atoms with Crippen molar-refractivity contribution in [3.63, 3.8) is 0 Å². The quantitative estimate of drug-likeness (QED) is 0.397. The molecule has 2 aliphatic heterocycles. The van der Waals surface area contributed by atoms with E-state index in [1.807, 2.05) is 41.5 Å². The van der Waals surface area contributed by atoms with E-state index in [2.05, 4.69) is 26.1 Å². The fraction of sp³-hybridized carbons (Fsp3) is 0.846. The Bertz CT molecular complexity index is 670. The van der Waals surface area contributed by atoms with Crippen LogP contribution < -0.4 is 5.32 Å². The van der Waals surface area contributed by atoms with Gasteiger partial charge in [-0.2, -0.15) is 0 Å². The predicted octanol–water partition coefficient (Wildman–Crippen LogP) is 3.93. The molecule has 2 heterocycles. The Labute approximate surface area is 220 Å². The second-order valence-electron chi connectivity index (χ2n) is 11.1. The standard InChI is InChI=1S/C13H23NO3.C7H13NO.C6H11BrO2/c1-10(15)11-5-7-14(8-6-11)9-12(16)17-13(2,3)4;1-6(9)7-2-4-8-5-3-7;1-6(2,3)9-5(8)4-7/h11H,5-9H2,1-4H3;7-8H,2-5H2,1H3;4H2,1-3H3. The van der Waals surface area contributed by atoms with Crippen LogP contribution in [0.4, 0.5) is 0 Å². The number of esters is 2. The lowest BCUT2D eigenvalue weighted by Crippen LogP contribution is -2.40. The molecule has 2 fully saturated rings. The molecule has 0 aromatic rings. The number of nitrogens with one attached hydrogen (secondary N) is 1. The molecule has 2 saturated heterocycles. The Hall–Kier alpha value is -1.32. The van der Waals surface area contributed by atoms with E-state index in [1.165, 1.54) is 0 Å². The van der Waals surface area contributed by atoms with Crippen LogP contribution in [0.25, 0.3) is 0 Å². The molecule has 0 saturated carbocycles. The Morgan fingerprint density at radius 3 is 1.49 bits per heavy atom. The van der Waals surface area contributed by atoms with Crippen molar-refractivity contribution < 1.29 is 28.7 Å². The highest BCUT2D eigenvalue weighted by Crippen LogP contribution is 2.18. The number of carbonyl (C=O) groups is 4. The molecule has 2 rings (SSSR count). The van der Waals surface area contributed by atoms with Crippen molar-refractivity contribution in [1.29, 1.82) is 0 Å². The maximum Gasteiger partial charge on any atom is 0.320 e. The number of ether oxygens (including phenoxy) is 2. The third-order valence-corrected chi connectivity index (χ3v) is 5.84. The molecular formula is C26H47BrN2O6. The number of ketones is 2. The topological polar surface area (TPSA) is 102 Å². The van der Waals surface area contributed by atoms with Gasteiger partial charge in [0.05, 0.1) is 6.54 Å². The van der Waals surface area contributed by atoms with Gasteiger partial charge in [0.2, 0.25) is 0 Å². The van der Waals surface area contributed by atoms with Crippen LogP contribution in [-0.4, -0.2) is 77.7 Å². The molecule has 0 aromatic carbocycles. The maximum atomic E-state index is 11.6. The molecule has 8 nitrogen and oxygen atoms in total. The zero-order valence-electron chi connectivity index (χ0n) is 23.0. The third kappa shape index (κ3) is 18.6. The van der Waals surface area contributed by atoms with Crippen LogP contribution in [0.1, 0.15) is 81.1 Å². The largest absolute Gasteiger partial charge is 0.459 e. The number of piperidine rings is 2. The van der Waals surface area contributed by atoms with E-state index in [-0.39, 0.29) is 34.6 Å². The summed E-state index contributed by atoms with van der Waals surface area (Å²) in [7, 11) is 0. The van der Waals surface area contributed by atoms with Crippen molar-refractivity contribution >= 4 is 39.4 Å². The Balaban J connectivity index is 0.000000543. The first-order valence-corrected chi connectivity index (χ1v) is 13.6. The summed E-state index contributed by atoms with van der Waals surface area (Å²) >= 11 is 2.99. The van der Waals surface area contributed by atoms with Gasteiger partial charge >= 0.3 is 11.9 Å². The fourth-order valence-corrected chi connectivity index (χ4v) is 3.77. The molecule has 0 radical (unpaired) electrons. The number of Topliss-reactive ketones (excluding diaryl/α,β-unsaturated/α-hetero) is 2. The maximum absolute atomic E-state index is 11.6. The second kappa shape index (κ2) is 16.4. The number of alkyl halides is 1. The SMILES string of the molecule is CC(=O)C1CCN(CC(=O)OC(C)(C)C)CC1.CC(=O)C1CCNCC1.CC(C)(C)OC(=O)CBr. The molecule has 1 N–H and O–H groups in total. The Kier molecular flexibility index (Phi) is 15.8. The number of carbonyl (C=O) groups excluding carboxylic acids is 4. The normalized spacial score (nSPS) is 17.7. The van der Waals surface area contributed by atoms with Crippen LogP contribution in [0.15, 0.2) is 0 Å². The van der Waals surface area contributed by atoms with Gasteiger partial charge in [0.25, 0.3) is 0 Å². The molecule has 9 heteroatoms. The highest BCUT2D eigenvalue weighted by molar-refractivity contribution is 9.09. The molecule has 0 unspecified atom stereocenters. The van der Waals surface area contributed by atoms with Crippen LogP contribution in [0.5, 0.6) is 0 Å². The molecule has 35 heavy (non-hydrogen) atoms. The molecule has 2 aliphatic rings. The van der Waals surface area contributed by atoms with Crippen molar-refractivity contribution in [1.82, 2.24) is 10.2 Å². The number of halogens is 1. The van der Waals surface area contributed by atoms with E-state index in [0.29, 0.717) is 18.2 Å². The zero-order valence-corrected chi connectivity index (χ0v) is 24.6. The summed E-state index contributed by atoms with van der Waals surface area (Å²) in [6.07, 6.45) is 3.79. The van der Waals surface area contributed by atoms with E-state index in [0.717, 1.165) is 51.9 Å². The van der Waals surface area contributed by atoms with Crippen LogP contribution in [-0.2, 0) is 28.7 Å². The van der Waals surface area contributed by atoms with Crippen molar-refractivity contribution in [2.75, 3.05) is 38.1 Å². The lowest BCUT2D eigenvalue weighted by molar-refractivity contribution is -0.156. The Morgan fingerprint density at radius 2 is 1.17 bits per heavy atom. The van der Waals surface area contributed by atoms with Crippen LogP contribution in [0, 0.1) is 11.8 Å². The van der Waals surface area contributed by atoms with E-state index in [4.69, 9.17) is 9.47 Å². The minimum atomic E-state index is -0.422. The van der Waals surface area contributed by atoms with Gasteiger partial charge in [0.1, 0.15) is 28.1 Å². The van der Waals surface area contributed by atoms with E-state index < -0.39 is 5.60 Å². The average Bonchev–Trinajstić information content (AvgIpc) is 2.73. The Morgan fingerprint density at radius 1 is 0.771 bits per heavy atom. The first-order chi connectivity index (χ1) is 16.0. The summed E-state index contributed by atoms with van der Waals surface area (Å²) < 4.78 is 10.2. The highest BCUT2D eigenvalue weighted by Gasteiger charge is 2.25. The van der Waals surface area contributed by atoms with Gasteiger partial charge in [-0.15, -0.1) is 0 Å². The minimum absolute atomic E-state index is 0.182. The van der Waals surface area contributed by atoms with E-state index >= 15 is 0 Å². The smallest absolute Gasteiger partial charge is 0.320 e. The summed E-state index contributed by atoms with van der Waals surface area (Å²) in [6.45, 7) is 18.5.